The van der Waals surface area contributed by atoms with E-state index in [1.807, 2.05) is 18.2 Å². The third kappa shape index (κ3) is 3.88. The topological polar surface area (TPSA) is 53.5 Å². The van der Waals surface area contributed by atoms with E-state index in [1.54, 1.807) is 23.7 Å². The largest absolute Gasteiger partial charge is 0.353 e. The Balaban J connectivity index is 1.16. The maximum Gasteiger partial charge on any atom is 0.184 e. The highest BCUT2D eigenvalue weighted by Crippen LogP contribution is 2.46. The monoisotopic (exact) mass is 455 g/mol. The number of benzene rings is 2. The Morgan fingerprint density at radius 2 is 1.65 bits per heavy atom. The lowest BCUT2D eigenvalue weighted by Crippen LogP contribution is -2.48. The van der Waals surface area contributed by atoms with Gasteiger partial charge in [-0.2, -0.15) is 4.37 Å². The number of anilines is 1. The van der Waals surface area contributed by atoms with E-state index in [-0.39, 0.29) is 0 Å². The van der Waals surface area contributed by atoms with E-state index in [0.29, 0.717) is 4.90 Å². The molecule has 1 aliphatic heterocycles. The molecule has 0 bridgehead atoms. The van der Waals surface area contributed by atoms with E-state index in [0.717, 1.165) is 70.6 Å². The first-order valence-corrected chi connectivity index (χ1v) is 13.5. The van der Waals surface area contributed by atoms with Gasteiger partial charge in [-0.1, -0.05) is 36.8 Å². The van der Waals surface area contributed by atoms with E-state index in [2.05, 4.69) is 34.1 Å². The molecule has 1 aromatic heterocycles. The summed E-state index contributed by atoms with van der Waals surface area (Å²) in [5, 5.41) is 1.25. The molecule has 1 aliphatic carbocycles. The average molecular weight is 456 g/mol. The second-order valence-corrected chi connectivity index (χ2v) is 11.9. The SMILES string of the molecule is O=S(=O)(c1ccccc1)C1(CCCN2CCN(c3nsc4ccccc34)CC2)CCC1. The number of hydrogen-bond donors (Lipinski definition) is 0. The summed E-state index contributed by atoms with van der Waals surface area (Å²) in [6.07, 6.45) is 4.32. The lowest BCUT2D eigenvalue weighted by molar-refractivity contribution is 0.234. The Bertz CT molecular complexity index is 1130. The van der Waals surface area contributed by atoms with Crippen molar-refractivity contribution in [3.05, 3.63) is 54.6 Å². The first-order chi connectivity index (χ1) is 15.1. The number of nitrogens with zero attached hydrogens (tertiary/aromatic N) is 3. The van der Waals surface area contributed by atoms with Crippen LogP contribution in [0.3, 0.4) is 0 Å². The molecule has 1 saturated carbocycles. The summed E-state index contributed by atoms with van der Waals surface area (Å²) in [5.41, 5.74) is 0. The van der Waals surface area contributed by atoms with E-state index in [4.69, 9.17) is 4.37 Å². The molecule has 5 nitrogen and oxygen atoms in total. The van der Waals surface area contributed by atoms with Crippen LogP contribution in [0.4, 0.5) is 5.82 Å². The molecule has 2 aromatic carbocycles. The first-order valence-electron chi connectivity index (χ1n) is 11.2. The fourth-order valence-electron chi connectivity index (χ4n) is 4.98. The van der Waals surface area contributed by atoms with Crippen molar-refractivity contribution in [2.24, 2.45) is 0 Å². The number of fused-ring (bicyclic) bond motifs is 1. The molecule has 2 aliphatic rings. The predicted octanol–water partition coefficient (Wildman–Crippen LogP) is 4.60. The van der Waals surface area contributed by atoms with Gasteiger partial charge in [-0.3, -0.25) is 4.90 Å². The van der Waals surface area contributed by atoms with Gasteiger partial charge in [-0.15, -0.1) is 0 Å². The molecule has 7 heteroatoms. The summed E-state index contributed by atoms with van der Waals surface area (Å²) >= 11 is 1.57. The van der Waals surface area contributed by atoms with Crippen LogP contribution in [0.1, 0.15) is 32.1 Å². The normalized spacial score (nSPS) is 19.4. The summed E-state index contributed by atoms with van der Waals surface area (Å²) < 4.78 is 31.9. The fourth-order valence-corrected chi connectivity index (χ4v) is 8.03. The number of aromatic nitrogens is 1. The summed E-state index contributed by atoms with van der Waals surface area (Å²) in [7, 11) is -3.26. The molecule has 2 fully saturated rings. The lowest BCUT2D eigenvalue weighted by atomic mass is 9.81. The van der Waals surface area contributed by atoms with Crippen molar-refractivity contribution in [2.75, 3.05) is 37.6 Å². The van der Waals surface area contributed by atoms with Crippen LogP contribution in [0, 0.1) is 0 Å². The van der Waals surface area contributed by atoms with Crippen LogP contribution in [0.2, 0.25) is 0 Å². The third-order valence-corrected chi connectivity index (χ3v) is 10.5. The van der Waals surface area contributed by atoms with E-state index >= 15 is 0 Å². The van der Waals surface area contributed by atoms with Gasteiger partial charge in [0.1, 0.15) is 5.82 Å². The van der Waals surface area contributed by atoms with Gasteiger partial charge in [0.2, 0.25) is 0 Å². The Morgan fingerprint density at radius 1 is 0.935 bits per heavy atom. The van der Waals surface area contributed by atoms with Gasteiger partial charge in [0, 0.05) is 31.6 Å². The molecule has 0 N–H and O–H groups in total. The molecule has 0 spiro atoms. The van der Waals surface area contributed by atoms with Crippen LogP contribution in [-0.4, -0.2) is 55.2 Å². The van der Waals surface area contributed by atoms with Gasteiger partial charge in [0.15, 0.2) is 9.84 Å². The molecule has 0 atom stereocenters. The second kappa shape index (κ2) is 8.52. The predicted molar refractivity (Wildman–Crippen MR) is 128 cm³/mol. The van der Waals surface area contributed by atoms with Crippen molar-refractivity contribution < 1.29 is 8.42 Å². The van der Waals surface area contributed by atoms with Gasteiger partial charge in [-0.25, -0.2) is 8.42 Å². The minimum atomic E-state index is -3.26. The highest BCUT2D eigenvalue weighted by molar-refractivity contribution is 7.93. The zero-order valence-electron chi connectivity index (χ0n) is 17.7. The molecule has 0 radical (unpaired) electrons. The third-order valence-electron chi connectivity index (χ3n) is 7.03. The first kappa shape index (κ1) is 20.9. The van der Waals surface area contributed by atoms with E-state index in [9.17, 15) is 8.42 Å². The zero-order chi connectivity index (χ0) is 21.3. The minimum absolute atomic E-state index is 0.485. The molecular formula is C24H29N3O2S2. The molecule has 5 rings (SSSR count). The van der Waals surface area contributed by atoms with Crippen LogP contribution in [0.25, 0.3) is 10.1 Å². The summed E-state index contributed by atoms with van der Waals surface area (Å²) in [5.74, 6) is 1.11. The molecular weight excluding hydrogens is 426 g/mol. The van der Waals surface area contributed by atoms with Crippen molar-refractivity contribution in [1.29, 1.82) is 0 Å². The maximum absolute atomic E-state index is 13.3. The van der Waals surface area contributed by atoms with Gasteiger partial charge in [0.05, 0.1) is 14.3 Å². The Kier molecular flexibility index (Phi) is 5.75. The van der Waals surface area contributed by atoms with Gasteiger partial charge in [0.25, 0.3) is 0 Å². The van der Waals surface area contributed by atoms with Crippen LogP contribution in [-0.2, 0) is 9.84 Å². The Hall–Kier alpha value is -1.96. The van der Waals surface area contributed by atoms with Crippen LogP contribution in [0.5, 0.6) is 0 Å². The van der Waals surface area contributed by atoms with Gasteiger partial charge >= 0.3 is 0 Å². The molecule has 3 aromatic rings. The maximum atomic E-state index is 13.3. The second-order valence-electron chi connectivity index (χ2n) is 8.79. The van der Waals surface area contributed by atoms with Crippen LogP contribution >= 0.6 is 11.5 Å². The molecule has 31 heavy (non-hydrogen) atoms. The highest BCUT2D eigenvalue weighted by atomic mass is 32.2. The van der Waals surface area contributed by atoms with Crippen molar-refractivity contribution in [3.8, 4) is 0 Å². The highest BCUT2D eigenvalue weighted by Gasteiger charge is 2.48. The Labute approximate surface area is 188 Å². The van der Waals surface area contributed by atoms with Gasteiger partial charge in [-0.05, 0) is 68.0 Å². The van der Waals surface area contributed by atoms with Crippen molar-refractivity contribution in [1.82, 2.24) is 9.27 Å². The summed E-state index contributed by atoms with van der Waals surface area (Å²) in [6, 6.07) is 17.5. The molecule has 0 unspecified atom stereocenters. The van der Waals surface area contributed by atoms with Gasteiger partial charge < -0.3 is 4.90 Å². The molecule has 164 valence electrons. The summed E-state index contributed by atoms with van der Waals surface area (Å²) in [6.45, 7) is 4.93. The standard InChI is InChI=1S/C24H29N3O2S2/c28-31(29,20-8-2-1-3-9-20)24(12-6-13-24)14-7-15-26-16-18-27(19-17-26)23-21-10-4-5-11-22(21)30-25-23/h1-5,8-11H,6-7,12-19H2. The minimum Gasteiger partial charge on any atom is -0.353 e. The smallest absolute Gasteiger partial charge is 0.184 e. The van der Waals surface area contributed by atoms with Crippen molar-refractivity contribution in [2.45, 2.75) is 41.7 Å². The summed E-state index contributed by atoms with van der Waals surface area (Å²) in [4.78, 5) is 5.36. The molecule has 1 saturated heterocycles. The van der Waals surface area contributed by atoms with Crippen LogP contribution < -0.4 is 4.90 Å². The van der Waals surface area contributed by atoms with Crippen LogP contribution in [0.15, 0.2) is 59.5 Å². The Morgan fingerprint density at radius 3 is 2.35 bits per heavy atom. The zero-order valence-corrected chi connectivity index (χ0v) is 19.4. The number of sulfone groups is 1. The quantitative estimate of drug-likeness (QED) is 0.521. The van der Waals surface area contributed by atoms with Crippen molar-refractivity contribution in [3.63, 3.8) is 0 Å². The van der Waals surface area contributed by atoms with Crippen molar-refractivity contribution >= 4 is 37.3 Å². The fraction of sp³-hybridized carbons (Fsp3) is 0.458. The number of rotatable bonds is 7. The average Bonchev–Trinajstić information content (AvgIpc) is 3.21. The molecule has 0 amide bonds. The number of hydrogen-bond acceptors (Lipinski definition) is 6. The lowest BCUT2D eigenvalue weighted by Gasteiger charge is -2.42. The van der Waals surface area contributed by atoms with E-state index in [1.165, 1.54) is 10.1 Å². The molecule has 2 heterocycles. The number of piperazine rings is 1. The van der Waals surface area contributed by atoms with E-state index < -0.39 is 14.6 Å².